The van der Waals surface area contributed by atoms with Gasteiger partial charge in [-0.3, -0.25) is 9.35 Å². The highest BCUT2D eigenvalue weighted by atomic mass is 32.2. The Morgan fingerprint density at radius 1 is 0.659 bits per heavy atom. The van der Waals surface area contributed by atoms with Gasteiger partial charge in [0.05, 0.1) is 17.9 Å². The van der Waals surface area contributed by atoms with Gasteiger partial charge < -0.3 is 10.4 Å². The van der Waals surface area contributed by atoms with E-state index in [0.29, 0.717) is 12.8 Å². The number of amides is 1. The minimum atomic E-state index is -4.30. The van der Waals surface area contributed by atoms with Crippen molar-refractivity contribution in [1.29, 1.82) is 0 Å². The summed E-state index contributed by atoms with van der Waals surface area (Å²) in [4.78, 5) is 12.4. The van der Waals surface area contributed by atoms with Gasteiger partial charge in [0.25, 0.3) is 10.1 Å². The molecule has 0 aliphatic heterocycles. The van der Waals surface area contributed by atoms with Gasteiger partial charge >= 0.3 is 0 Å². The Morgan fingerprint density at radius 2 is 1.10 bits per heavy atom. The van der Waals surface area contributed by atoms with Crippen LogP contribution in [-0.2, 0) is 14.9 Å². The van der Waals surface area contributed by atoms with Crippen LogP contribution in [0.3, 0.4) is 0 Å². The molecule has 0 saturated carbocycles. The molecule has 0 aromatic rings. The monoisotopic (exact) mass is 599 g/mol. The van der Waals surface area contributed by atoms with E-state index < -0.39 is 28.0 Å². The molecule has 0 aromatic carbocycles. The first kappa shape index (κ1) is 39.8. The van der Waals surface area contributed by atoms with E-state index in [0.717, 1.165) is 57.8 Å². The molecule has 3 N–H and O–H groups in total. The lowest BCUT2D eigenvalue weighted by atomic mass is 10.0. The van der Waals surface area contributed by atoms with Crippen LogP contribution < -0.4 is 5.32 Å². The number of hydrogen-bond acceptors (Lipinski definition) is 4. The van der Waals surface area contributed by atoms with E-state index in [1.165, 1.54) is 83.5 Å². The molecule has 7 heteroatoms. The van der Waals surface area contributed by atoms with E-state index in [1.807, 2.05) is 0 Å². The van der Waals surface area contributed by atoms with Gasteiger partial charge in [-0.15, -0.1) is 0 Å². The van der Waals surface area contributed by atoms with Gasteiger partial charge in [-0.05, 0) is 44.9 Å². The summed E-state index contributed by atoms with van der Waals surface area (Å²) < 4.78 is 32.2. The lowest BCUT2D eigenvalue weighted by Crippen LogP contribution is -2.47. The minimum absolute atomic E-state index is 0.257. The van der Waals surface area contributed by atoms with E-state index in [-0.39, 0.29) is 5.91 Å². The summed E-state index contributed by atoms with van der Waals surface area (Å²) in [6.45, 7) is 4.44. The Labute approximate surface area is 254 Å². The van der Waals surface area contributed by atoms with E-state index in [1.54, 1.807) is 0 Å². The van der Waals surface area contributed by atoms with Crippen molar-refractivity contribution in [2.75, 3.05) is 5.75 Å². The van der Waals surface area contributed by atoms with E-state index in [2.05, 4.69) is 43.5 Å². The minimum Gasteiger partial charge on any atom is -0.391 e. The molecule has 0 bridgehead atoms. The first-order chi connectivity index (χ1) is 19.8. The molecule has 0 fully saturated rings. The zero-order chi connectivity index (χ0) is 30.4. The fourth-order valence-electron chi connectivity index (χ4n) is 5.07. The third kappa shape index (κ3) is 30.1. The molecule has 1 amide bonds. The van der Waals surface area contributed by atoms with Crippen LogP contribution in [0.5, 0.6) is 0 Å². The summed E-state index contributed by atoms with van der Waals surface area (Å²) in [6.07, 6.45) is 34.1. The number of carbonyl (C=O) groups excluding carboxylic acids is 1. The normalized spacial score (nSPS) is 13.8. The Kier molecular flexibility index (Phi) is 28.1. The fourth-order valence-corrected chi connectivity index (χ4v) is 5.83. The average molecular weight is 600 g/mol. The average Bonchev–Trinajstić information content (AvgIpc) is 2.92. The van der Waals surface area contributed by atoms with Gasteiger partial charge in [0, 0.05) is 6.42 Å². The maximum absolute atomic E-state index is 12.4. The summed E-state index contributed by atoms with van der Waals surface area (Å²) >= 11 is 0. The second kappa shape index (κ2) is 28.9. The molecule has 0 rings (SSSR count). The highest BCUT2D eigenvalue weighted by Gasteiger charge is 2.26. The number of aliphatic hydroxyl groups is 1. The maximum Gasteiger partial charge on any atom is 0.266 e. The predicted octanol–water partition coefficient (Wildman–Crippen LogP) is 9.23. The highest BCUT2D eigenvalue weighted by Crippen LogP contribution is 2.14. The van der Waals surface area contributed by atoms with Crippen molar-refractivity contribution in [2.24, 2.45) is 0 Å². The van der Waals surface area contributed by atoms with Gasteiger partial charge in [0.2, 0.25) is 5.91 Å². The second-order valence-electron chi connectivity index (χ2n) is 11.8. The smallest absolute Gasteiger partial charge is 0.266 e. The molecule has 6 nitrogen and oxygen atoms in total. The SMILES string of the molecule is CCCCC/C=C\C/C=C\CCCCCCCCCC(=O)NC(CS(=O)(=O)O)C(O)CCCCCCCCCCC. The number of allylic oxidation sites excluding steroid dienone is 4. The highest BCUT2D eigenvalue weighted by molar-refractivity contribution is 7.85. The van der Waals surface area contributed by atoms with Crippen LogP contribution in [0.1, 0.15) is 168 Å². The van der Waals surface area contributed by atoms with Crippen LogP contribution in [0.2, 0.25) is 0 Å². The molecule has 242 valence electrons. The number of rotatable bonds is 30. The predicted molar refractivity (Wildman–Crippen MR) is 175 cm³/mol. The molecule has 2 atom stereocenters. The number of aliphatic hydroxyl groups excluding tert-OH is 1. The summed E-state index contributed by atoms with van der Waals surface area (Å²) in [7, 11) is -4.30. The standard InChI is InChI=1S/C34H65NO5S/c1-3-5-7-9-11-13-14-15-16-17-18-19-20-22-24-26-28-30-34(37)35-32(31-41(38,39)40)33(36)29-27-25-23-21-12-10-8-6-4-2/h11,13,15-16,32-33,36H,3-10,12,14,17-31H2,1-2H3,(H,35,37)(H,38,39,40)/b13-11-,16-15-. The van der Waals surface area contributed by atoms with Gasteiger partial charge in [0.1, 0.15) is 0 Å². The van der Waals surface area contributed by atoms with Crippen LogP contribution in [-0.4, -0.2) is 41.9 Å². The molecule has 2 unspecified atom stereocenters. The van der Waals surface area contributed by atoms with Gasteiger partial charge in [0.15, 0.2) is 0 Å². The fraction of sp³-hybridized carbons (Fsp3) is 0.853. The van der Waals surface area contributed by atoms with Crippen LogP contribution in [0.15, 0.2) is 24.3 Å². The van der Waals surface area contributed by atoms with Crippen molar-refractivity contribution in [3.05, 3.63) is 24.3 Å². The topological polar surface area (TPSA) is 104 Å². The van der Waals surface area contributed by atoms with E-state index in [9.17, 15) is 22.9 Å². The van der Waals surface area contributed by atoms with Gasteiger partial charge in [-0.2, -0.15) is 8.42 Å². The molecule has 0 saturated heterocycles. The largest absolute Gasteiger partial charge is 0.391 e. The van der Waals surface area contributed by atoms with E-state index >= 15 is 0 Å². The molecule has 0 spiro atoms. The number of nitrogens with one attached hydrogen (secondary N) is 1. The van der Waals surface area contributed by atoms with Crippen molar-refractivity contribution >= 4 is 16.0 Å². The lowest BCUT2D eigenvalue weighted by Gasteiger charge is -2.23. The Morgan fingerprint density at radius 3 is 1.63 bits per heavy atom. The molecule has 41 heavy (non-hydrogen) atoms. The first-order valence-corrected chi connectivity index (χ1v) is 18.6. The maximum atomic E-state index is 12.4. The molecule has 0 aliphatic rings. The Bertz CT molecular complexity index is 750. The molecule has 0 aliphatic carbocycles. The molecular weight excluding hydrogens is 534 g/mol. The summed E-state index contributed by atoms with van der Waals surface area (Å²) in [5.74, 6) is -0.908. The van der Waals surface area contributed by atoms with Crippen LogP contribution >= 0.6 is 0 Å². The third-order valence-corrected chi connectivity index (χ3v) is 8.44. The molecule has 0 aromatic heterocycles. The van der Waals surface area contributed by atoms with Gasteiger partial charge in [-0.25, -0.2) is 0 Å². The quantitative estimate of drug-likeness (QED) is 0.0434. The van der Waals surface area contributed by atoms with Crippen molar-refractivity contribution < 1.29 is 22.9 Å². The number of carbonyl (C=O) groups is 1. The number of unbranched alkanes of at least 4 members (excludes halogenated alkanes) is 18. The molecule has 0 radical (unpaired) electrons. The second-order valence-corrected chi connectivity index (χ2v) is 13.3. The Hall–Kier alpha value is -1.18. The van der Waals surface area contributed by atoms with Crippen molar-refractivity contribution in [1.82, 2.24) is 5.32 Å². The molecule has 0 heterocycles. The van der Waals surface area contributed by atoms with Crippen molar-refractivity contribution in [3.8, 4) is 0 Å². The zero-order valence-corrected chi connectivity index (χ0v) is 27.5. The third-order valence-electron chi connectivity index (χ3n) is 7.66. The first-order valence-electron chi connectivity index (χ1n) is 17.0. The van der Waals surface area contributed by atoms with E-state index in [4.69, 9.17) is 0 Å². The van der Waals surface area contributed by atoms with Crippen LogP contribution in [0.25, 0.3) is 0 Å². The van der Waals surface area contributed by atoms with Gasteiger partial charge in [-0.1, -0.05) is 141 Å². The van der Waals surface area contributed by atoms with Crippen molar-refractivity contribution in [3.63, 3.8) is 0 Å². The van der Waals surface area contributed by atoms with Crippen molar-refractivity contribution in [2.45, 2.75) is 180 Å². The molecular formula is C34H65NO5S. The summed E-state index contributed by atoms with van der Waals surface area (Å²) in [6, 6.07) is -0.970. The zero-order valence-electron chi connectivity index (χ0n) is 26.7. The van der Waals surface area contributed by atoms with Crippen LogP contribution in [0.4, 0.5) is 0 Å². The summed E-state index contributed by atoms with van der Waals surface area (Å²) in [5, 5.41) is 13.2. The summed E-state index contributed by atoms with van der Waals surface area (Å²) in [5.41, 5.74) is 0. The number of hydrogen-bond donors (Lipinski definition) is 3. The lowest BCUT2D eigenvalue weighted by molar-refractivity contribution is -0.122. The Balaban J connectivity index is 3.93. The van der Waals surface area contributed by atoms with Crippen LogP contribution in [0, 0.1) is 0 Å².